The van der Waals surface area contributed by atoms with E-state index in [0.717, 1.165) is 0 Å². The van der Waals surface area contributed by atoms with Gasteiger partial charge in [-0.25, -0.2) is 19.0 Å². The molecule has 1 fully saturated rings. The van der Waals surface area contributed by atoms with Crippen LogP contribution in [0.4, 0.5) is 10.2 Å². The van der Waals surface area contributed by atoms with Crippen molar-refractivity contribution in [1.82, 2.24) is 25.1 Å². The third-order valence-electron chi connectivity index (χ3n) is 5.42. The molecule has 4 rings (SSSR count). The number of carbonyl (C=O) groups excluding carboxylic acids is 1. The molecule has 8 nitrogen and oxygen atoms in total. The maximum Gasteiger partial charge on any atom is 0.220 e. The summed E-state index contributed by atoms with van der Waals surface area (Å²) in [5.74, 6) is -0.327. The number of benzene rings is 1. The van der Waals surface area contributed by atoms with Crippen molar-refractivity contribution in [1.29, 1.82) is 0 Å². The van der Waals surface area contributed by atoms with Crippen molar-refractivity contribution in [2.45, 2.75) is 39.2 Å². The molecule has 1 aromatic carbocycles. The zero-order valence-electron chi connectivity index (χ0n) is 16.9. The number of halogens is 2. The van der Waals surface area contributed by atoms with Gasteiger partial charge in [0.25, 0.3) is 0 Å². The van der Waals surface area contributed by atoms with Crippen molar-refractivity contribution in [3.05, 3.63) is 40.1 Å². The summed E-state index contributed by atoms with van der Waals surface area (Å²) in [6.45, 7) is 6.21. The number of rotatable bonds is 5. The van der Waals surface area contributed by atoms with Gasteiger partial charge in [-0.3, -0.25) is 4.79 Å². The number of ether oxygens (including phenoxy) is 1. The summed E-state index contributed by atoms with van der Waals surface area (Å²) in [5.41, 5.74) is 8.23. The number of anilines is 1. The Morgan fingerprint density at radius 3 is 2.90 bits per heavy atom. The van der Waals surface area contributed by atoms with E-state index in [4.69, 9.17) is 22.1 Å². The molecule has 2 atom stereocenters. The van der Waals surface area contributed by atoms with E-state index in [0.29, 0.717) is 52.6 Å². The standard InChI is InChI=1S/C20H22ClFN6O2/c1-4-30-18-12(6-13(21)17(22)16(18)11-5-14(29)24-7-11)10(3)28-20-15(9(2)27-28)19(23)25-8-26-20/h6,8,10-11H,4-5,7H2,1-3H3,(H,24,29)(H2,23,25,26)/t10?,11-/m1/s1. The van der Waals surface area contributed by atoms with Crippen molar-refractivity contribution in [2.24, 2.45) is 0 Å². The number of nitrogens with two attached hydrogens (primary N) is 1. The van der Waals surface area contributed by atoms with E-state index in [1.54, 1.807) is 10.7 Å². The smallest absolute Gasteiger partial charge is 0.220 e. The quantitative estimate of drug-likeness (QED) is 0.641. The first-order valence-corrected chi connectivity index (χ1v) is 10.1. The molecule has 1 aliphatic rings. The van der Waals surface area contributed by atoms with Gasteiger partial charge in [-0.05, 0) is 26.8 Å². The van der Waals surface area contributed by atoms with Gasteiger partial charge in [0.2, 0.25) is 5.91 Å². The molecule has 1 aliphatic heterocycles. The van der Waals surface area contributed by atoms with Crippen LogP contribution >= 0.6 is 11.6 Å². The number of nitrogen functional groups attached to an aromatic ring is 1. The molecule has 1 unspecified atom stereocenters. The van der Waals surface area contributed by atoms with E-state index >= 15 is 4.39 Å². The minimum Gasteiger partial charge on any atom is -0.493 e. The summed E-state index contributed by atoms with van der Waals surface area (Å²) < 4.78 is 22.7. The summed E-state index contributed by atoms with van der Waals surface area (Å²) in [7, 11) is 0. The molecule has 1 amide bonds. The summed E-state index contributed by atoms with van der Waals surface area (Å²) in [6, 6.07) is 1.16. The van der Waals surface area contributed by atoms with E-state index in [1.807, 2.05) is 20.8 Å². The van der Waals surface area contributed by atoms with E-state index in [2.05, 4.69) is 20.4 Å². The number of fused-ring (bicyclic) bond motifs is 1. The third-order valence-corrected chi connectivity index (χ3v) is 5.69. The van der Waals surface area contributed by atoms with Gasteiger partial charge in [-0.1, -0.05) is 11.6 Å². The Kier molecular flexibility index (Phi) is 5.23. The molecule has 0 radical (unpaired) electrons. The van der Waals surface area contributed by atoms with Crippen LogP contribution in [0.5, 0.6) is 5.75 Å². The Morgan fingerprint density at radius 2 is 2.23 bits per heavy atom. The lowest BCUT2D eigenvalue weighted by Crippen LogP contribution is -2.16. The van der Waals surface area contributed by atoms with Crippen LogP contribution in [-0.2, 0) is 4.79 Å². The van der Waals surface area contributed by atoms with Crippen LogP contribution in [0.25, 0.3) is 11.0 Å². The average Bonchev–Trinajstić information content (AvgIpc) is 3.28. The highest BCUT2D eigenvalue weighted by Gasteiger charge is 2.33. The maximum atomic E-state index is 15.1. The SMILES string of the molecule is CCOc1c(C(C)n2nc(C)c3c(N)ncnc32)cc(Cl)c(F)c1[C@H]1CNC(=O)C1. The molecule has 0 bridgehead atoms. The number of nitrogens with one attached hydrogen (secondary N) is 1. The monoisotopic (exact) mass is 432 g/mol. The summed E-state index contributed by atoms with van der Waals surface area (Å²) >= 11 is 6.27. The van der Waals surface area contributed by atoms with Crippen LogP contribution in [0.2, 0.25) is 5.02 Å². The predicted octanol–water partition coefficient (Wildman–Crippen LogP) is 3.12. The zero-order chi connectivity index (χ0) is 21.6. The number of amides is 1. The topological polar surface area (TPSA) is 108 Å². The lowest BCUT2D eigenvalue weighted by Gasteiger charge is -2.23. The fourth-order valence-electron chi connectivity index (χ4n) is 4.01. The lowest BCUT2D eigenvalue weighted by atomic mass is 9.92. The van der Waals surface area contributed by atoms with Crippen molar-refractivity contribution in [2.75, 3.05) is 18.9 Å². The Morgan fingerprint density at radius 1 is 1.47 bits per heavy atom. The Hall–Kier alpha value is -2.94. The van der Waals surface area contributed by atoms with Crippen LogP contribution < -0.4 is 15.8 Å². The zero-order valence-corrected chi connectivity index (χ0v) is 17.6. The van der Waals surface area contributed by atoms with Crippen LogP contribution in [0, 0.1) is 12.7 Å². The highest BCUT2D eigenvalue weighted by atomic mass is 35.5. The first-order valence-electron chi connectivity index (χ1n) is 9.70. The Balaban J connectivity index is 1.91. The highest BCUT2D eigenvalue weighted by Crippen LogP contribution is 2.43. The van der Waals surface area contributed by atoms with Gasteiger partial charge >= 0.3 is 0 Å². The molecule has 3 N–H and O–H groups in total. The molecule has 0 saturated carbocycles. The normalized spacial score (nSPS) is 17.4. The van der Waals surface area contributed by atoms with Gasteiger partial charge in [-0.2, -0.15) is 5.10 Å². The number of hydrogen-bond donors (Lipinski definition) is 2. The largest absolute Gasteiger partial charge is 0.493 e. The summed E-state index contributed by atoms with van der Waals surface area (Å²) in [4.78, 5) is 20.1. The first-order chi connectivity index (χ1) is 14.3. The molecule has 10 heteroatoms. The van der Waals surface area contributed by atoms with E-state index in [-0.39, 0.29) is 29.3 Å². The molecule has 3 aromatic rings. The minimum atomic E-state index is -0.564. The van der Waals surface area contributed by atoms with Crippen molar-refractivity contribution in [3.63, 3.8) is 0 Å². The van der Waals surface area contributed by atoms with Crippen LogP contribution in [-0.4, -0.2) is 38.8 Å². The van der Waals surface area contributed by atoms with Crippen LogP contribution in [0.1, 0.15) is 49.0 Å². The first kappa shape index (κ1) is 20.3. The molecule has 0 spiro atoms. The Labute approximate surface area is 177 Å². The third kappa shape index (κ3) is 3.23. The maximum absolute atomic E-state index is 15.1. The van der Waals surface area contributed by atoms with Crippen LogP contribution in [0.3, 0.4) is 0 Å². The second kappa shape index (κ2) is 7.71. The van der Waals surface area contributed by atoms with E-state index < -0.39 is 5.82 Å². The van der Waals surface area contributed by atoms with Gasteiger partial charge in [0.05, 0.1) is 28.8 Å². The minimum absolute atomic E-state index is 0.0306. The molecule has 1 saturated heterocycles. The number of aromatic nitrogens is 4. The van der Waals surface area contributed by atoms with Gasteiger partial charge < -0.3 is 15.8 Å². The second-order valence-corrected chi connectivity index (χ2v) is 7.71. The van der Waals surface area contributed by atoms with Crippen molar-refractivity contribution >= 4 is 34.4 Å². The number of hydrogen-bond acceptors (Lipinski definition) is 6. The predicted molar refractivity (Wildman–Crippen MR) is 111 cm³/mol. The molecule has 158 valence electrons. The van der Waals surface area contributed by atoms with E-state index in [9.17, 15) is 4.79 Å². The fourth-order valence-corrected chi connectivity index (χ4v) is 4.23. The van der Waals surface area contributed by atoms with Gasteiger partial charge in [0.1, 0.15) is 23.7 Å². The summed E-state index contributed by atoms with van der Waals surface area (Å²) in [6.07, 6.45) is 1.56. The van der Waals surface area contributed by atoms with Gasteiger partial charge in [-0.15, -0.1) is 0 Å². The van der Waals surface area contributed by atoms with Gasteiger partial charge in [0, 0.05) is 30.0 Å². The molecule has 0 aliphatic carbocycles. The van der Waals surface area contributed by atoms with Crippen LogP contribution in [0.15, 0.2) is 12.4 Å². The molecule has 30 heavy (non-hydrogen) atoms. The molecular weight excluding hydrogens is 411 g/mol. The second-order valence-electron chi connectivity index (χ2n) is 7.31. The number of aryl methyl sites for hydroxylation is 1. The molecule has 2 aromatic heterocycles. The summed E-state index contributed by atoms with van der Waals surface area (Å²) in [5, 5.41) is 7.98. The van der Waals surface area contributed by atoms with Crippen molar-refractivity contribution < 1.29 is 13.9 Å². The van der Waals surface area contributed by atoms with E-state index in [1.165, 1.54) is 6.33 Å². The Bertz CT molecular complexity index is 1150. The molecular formula is C20H22ClFN6O2. The highest BCUT2D eigenvalue weighted by molar-refractivity contribution is 6.31. The fraction of sp³-hybridized carbons (Fsp3) is 0.400. The number of carbonyl (C=O) groups is 1. The number of nitrogens with zero attached hydrogens (tertiary/aromatic N) is 4. The van der Waals surface area contributed by atoms with Gasteiger partial charge in [0.15, 0.2) is 5.65 Å². The molecule has 3 heterocycles. The van der Waals surface area contributed by atoms with Crippen molar-refractivity contribution in [3.8, 4) is 5.75 Å². The lowest BCUT2D eigenvalue weighted by molar-refractivity contribution is -0.119. The average molecular weight is 433 g/mol.